The first-order chi connectivity index (χ1) is 18.8. The van der Waals surface area contributed by atoms with Gasteiger partial charge in [-0.2, -0.15) is 5.10 Å². The first kappa shape index (κ1) is 28.4. The summed E-state index contributed by atoms with van der Waals surface area (Å²) in [6, 6.07) is 2.07. The number of rotatable bonds is 11. The number of nitroso groups, excluding NO2 is 1. The molecule has 10 heteroatoms. The monoisotopic (exact) mass is 536 g/mol. The van der Waals surface area contributed by atoms with Crippen LogP contribution in [0.4, 0.5) is 0 Å². The van der Waals surface area contributed by atoms with Gasteiger partial charge in [0.15, 0.2) is 0 Å². The number of hydrogen-bond acceptors (Lipinski definition) is 9. The van der Waals surface area contributed by atoms with Crippen molar-refractivity contribution < 1.29 is 14.3 Å². The Morgan fingerprint density at radius 3 is 2.72 bits per heavy atom. The fraction of sp³-hybridized carbons (Fsp3) is 0.586. The van der Waals surface area contributed by atoms with Gasteiger partial charge in [0.1, 0.15) is 23.9 Å². The van der Waals surface area contributed by atoms with Gasteiger partial charge in [0.25, 0.3) is 0 Å². The highest BCUT2D eigenvalue weighted by atomic mass is 16.6. The zero-order valence-corrected chi connectivity index (χ0v) is 23.5. The van der Waals surface area contributed by atoms with Crippen LogP contribution in [0.5, 0.6) is 5.75 Å². The summed E-state index contributed by atoms with van der Waals surface area (Å²) in [5, 5.41) is 9.44. The molecule has 4 rings (SSSR count). The van der Waals surface area contributed by atoms with Gasteiger partial charge < -0.3 is 15.2 Å². The van der Waals surface area contributed by atoms with Gasteiger partial charge >= 0.3 is 5.97 Å². The van der Waals surface area contributed by atoms with Crippen LogP contribution in [0.3, 0.4) is 0 Å². The maximum absolute atomic E-state index is 13.5. The average molecular weight is 537 g/mol. The van der Waals surface area contributed by atoms with Crippen molar-refractivity contribution in [2.75, 3.05) is 13.3 Å². The van der Waals surface area contributed by atoms with E-state index in [-0.39, 0.29) is 35.9 Å². The molecule has 2 aliphatic heterocycles. The summed E-state index contributed by atoms with van der Waals surface area (Å²) in [5.41, 5.74) is 9.66. The summed E-state index contributed by atoms with van der Waals surface area (Å²) in [5.74, 6) is 0.573. The van der Waals surface area contributed by atoms with Crippen LogP contribution >= 0.6 is 0 Å². The van der Waals surface area contributed by atoms with Crippen LogP contribution in [0.15, 0.2) is 50.6 Å². The van der Waals surface area contributed by atoms with Crippen LogP contribution < -0.4 is 10.5 Å². The quantitative estimate of drug-likeness (QED) is 0.178. The Bertz CT molecular complexity index is 1210. The van der Waals surface area contributed by atoms with Crippen LogP contribution in [0, 0.1) is 10.8 Å². The summed E-state index contributed by atoms with van der Waals surface area (Å²) < 4.78 is 12.1. The Morgan fingerprint density at radius 1 is 1.28 bits per heavy atom. The number of hydrogen-bond donors (Lipinski definition) is 1. The standard InChI is InChI=1S/C29H40N6O4/c1-5-23-14-21(26(17-31-23)38-6-2)11-12-29(22-9-7-8-10-22)16-25(34-37)24(28(36)39-29)15-27(30)33-35-18-32-19(3)13-20(35)4/h13-14,17,22H,5-12,15-16,18H2,1-4H3,(H2,30,33). The molecule has 1 aromatic rings. The van der Waals surface area contributed by atoms with E-state index in [0.29, 0.717) is 26.1 Å². The number of aliphatic imine (C=N–C) groups is 1. The zero-order chi connectivity index (χ0) is 28.0. The van der Waals surface area contributed by atoms with Crippen molar-refractivity contribution in [3.05, 3.63) is 51.5 Å². The highest BCUT2D eigenvalue weighted by molar-refractivity contribution is 5.98. The number of nitrogens with two attached hydrogens (primary N) is 1. The molecule has 210 valence electrons. The van der Waals surface area contributed by atoms with E-state index in [0.717, 1.165) is 60.5 Å². The molecule has 1 fully saturated rings. The number of allylic oxidation sites excluding steroid dienone is 2. The topological polar surface area (TPSA) is 132 Å². The van der Waals surface area contributed by atoms with E-state index in [1.54, 1.807) is 11.2 Å². The predicted molar refractivity (Wildman–Crippen MR) is 151 cm³/mol. The van der Waals surface area contributed by atoms with E-state index in [4.69, 9.17) is 15.2 Å². The van der Waals surface area contributed by atoms with Crippen LogP contribution in [0.25, 0.3) is 0 Å². The number of carbonyl (C=O) groups is 1. The van der Waals surface area contributed by atoms with Crippen LogP contribution in [0.2, 0.25) is 0 Å². The Labute approximate surface area is 230 Å². The van der Waals surface area contributed by atoms with Crippen molar-refractivity contribution in [3.8, 4) is 5.75 Å². The summed E-state index contributed by atoms with van der Waals surface area (Å²) in [6.45, 7) is 8.73. The number of amidine groups is 1. The van der Waals surface area contributed by atoms with Crippen molar-refractivity contribution in [2.45, 2.75) is 91.1 Å². The molecule has 10 nitrogen and oxygen atoms in total. The first-order valence-corrected chi connectivity index (χ1v) is 14.0. The molecule has 0 bridgehead atoms. The summed E-state index contributed by atoms with van der Waals surface area (Å²) in [4.78, 5) is 34.4. The van der Waals surface area contributed by atoms with Crippen molar-refractivity contribution >= 4 is 17.5 Å². The third kappa shape index (κ3) is 6.54. The third-order valence-corrected chi connectivity index (χ3v) is 7.94. The maximum atomic E-state index is 13.5. The van der Waals surface area contributed by atoms with Crippen molar-refractivity contribution in [1.82, 2.24) is 9.99 Å². The third-order valence-electron chi connectivity index (χ3n) is 7.94. The smallest absolute Gasteiger partial charge is 0.337 e. The second-order valence-electron chi connectivity index (χ2n) is 10.6. The zero-order valence-electron chi connectivity index (χ0n) is 23.5. The first-order valence-electron chi connectivity index (χ1n) is 14.0. The lowest BCUT2D eigenvalue weighted by Gasteiger charge is -2.42. The molecule has 1 saturated carbocycles. The number of cyclic esters (lactones) is 1. The van der Waals surface area contributed by atoms with E-state index in [1.807, 2.05) is 26.8 Å². The molecule has 0 amide bonds. The molecule has 39 heavy (non-hydrogen) atoms. The van der Waals surface area contributed by atoms with Gasteiger partial charge in [-0.15, -0.1) is 4.91 Å². The molecule has 0 radical (unpaired) electrons. The molecule has 1 aromatic heterocycles. The highest BCUT2D eigenvalue weighted by Crippen LogP contribution is 2.47. The largest absolute Gasteiger partial charge is 0.492 e. The average Bonchev–Trinajstić information content (AvgIpc) is 3.47. The van der Waals surface area contributed by atoms with Crippen molar-refractivity contribution in [1.29, 1.82) is 0 Å². The molecule has 3 heterocycles. The number of esters is 1. The molecule has 1 atom stereocenters. The van der Waals surface area contributed by atoms with Gasteiger partial charge in [-0.05, 0) is 81.7 Å². The van der Waals surface area contributed by atoms with Crippen LogP contribution in [0.1, 0.15) is 83.9 Å². The van der Waals surface area contributed by atoms with Gasteiger partial charge in [0.05, 0.1) is 24.1 Å². The molecule has 0 saturated heterocycles. The summed E-state index contributed by atoms with van der Waals surface area (Å²) >= 11 is 0. The number of hydrazone groups is 1. The van der Waals surface area contributed by atoms with Gasteiger partial charge in [-0.25, -0.2) is 9.80 Å². The number of carbonyl (C=O) groups excluding carboxylic acids is 1. The number of nitrogens with zero attached hydrogens (tertiary/aromatic N) is 5. The Kier molecular flexibility index (Phi) is 9.14. The molecule has 3 aliphatic rings. The lowest BCUT2D eigenvalue weighted by atomic mass is 9.76. The van der Waals surface area contributed by atoms with E-state index in [1.165, 1.54) is 0 Å². The summed E-state index contributed by atoms with van der Waals surface area (Å²) in [6.07, 6.45) is 10.0. The number of aryl methyl sites for hydroxylation is 2. The number of aromatic nitrogens is 1. The minimum absolute atomic E-state index is 0.00810. The van der Waals surface area contributed by atoms with Gasteiger partial charge in [0, 0.05) is 29.9 Å². The minimum Gasteiger partial charge on any atom is -0.492 e. The van der Waals surface area contributed by atoms with Crippen molar-refractivity contribution in [2.24, 2.45) is 26.9 Å². The van der Waals surface area contributed by atoms with E-state index in [9.17, 15) is 9.70 Å². The number of ether oxygens (including phenoxy) is 2. The Hall–Kier alpha value is -3.56. The fourth-order valence-electron chi connectivity index (χ4n) is 5.82. The molecule has 1 aliphatic carbocycles. The second kappa shape index (κ2) is 12.5. The number of pyridine rings is 1. The fourth-order valence-corrected chi connectivity index (χ4v) is 5.82. The van der Waals surface area contributed by atoms with Crippen LogP contribution in [-0.4, -0.2) is 46.4 Å². The molecule has 1 unspecified atom stereocenters. The van der Waals surface area contributed by atoms with E-state index >= 15 is 0 Å². The molecule has 0 aromatic carbocycles. The Morgan fingerprint density at radius 2 is 2.05 bits per heavy atom. The Balaban J connectivity index is 1.59. The van der Waals surface area contributed by atoms with Gasteiger partial charge in [-0.3, -0.25) is 9.98 Å². The lowest BCUT2D eigenvalue weighted by Crippen LogP contribution is -2.46. The van der Waals surface area contributed by atoms with Gasteiger partial charge in [0.2, 0.25) is 0 Å². The lowest BCUT2D eigenvalue weighted by molar-refractivity contribution is -0.165. The second-order valence-corrected chi connectivity index (χ2v) is 10.6. The molecular weight excluding hydrogens is 496 g/mol. The van der Waals surface area contributed by atoms with Crippen LogP contribution in [-0.2, 0) is 22.4 Å². The minimum atomic E-state index is -0.802. The van der Waals surface area contributed by atoms with Gasteiger partial charge in [-0.1, -0.05) is 19.8 Å². The van der Waals surface area contributed by atoms with E-state index in [2.05, 4.69) is 33.2 Å². The summed E-state index contributed by atoms with van der Waals surface area (Å²) in [7, 11) is 0. The SMILES string of the molecule is CCOc1cnc(CC)cc1CCC1(C2CCCC2)CC(N=O)=C(C/C(N)=N/N2CN=C(C)C=C2C)C(=O)O1. The normalized spacial score (nSPS) is 22.5. The highest BCUT2D eigenvalue weighted by Gasteiger charge is 2.48. The molecule has 2 N–H and O–H groups in total. The maximum Gasteiger partial charge on any atom is 0.337 e. The molecular formula is C29H40N6O4. The van der Waals surface area contributed by atoms with Crippen molar-refractivity contribution in [3.63, 3.8) is 0 Å². The van der Waals surface area contributed by atoms with E-state index < -0.39 is 11.6 Å². The predicted octanol–water partition coefficient (Wildman–Crippen LogP) is 5.17. The molecule has 0 spiro atoms.